The van der Waals surface area contributed by atoms with E-state index in [0.717, 1.165) is 19.6 Å². The molecule has 0 aliphatic rings. The van der Waals surface area contributed by atoms with Gasteiger partial charge in [0.2, 0.25) is 0 Å². The maximum absolute atomic E-state index is 11.5. The lowest BCUT2D eigenvalue weighted by molar-refractivity contribution is 0.236. The second kappa shape index (κ2) is 8.08. The molecule has 4 nitrogen and oxygen atoms in total. The highest BCUT2D eigenvalue weighted by molar-refractivity contribution is 7.09. The van der Waals surface area contributed by atoms with Crippen molar-refractivity contribution in [1.29, 1.82) is 0 Å². The molecule has 0 saturated carbocycles. The number of carbonyl (C=O) groups excluding carboxylic acids is 1. The number of carbonyl (C=O) groups is 1. The molecule has 0 aliphatic carbocycles. The van der Waals surface area contributed by atoms with Crippen molar-refractivity contribution in [2.24, 2.45) is 0 Å². The molecule has 0 fully saturated rings. The van der Waals surface area contributed by atoms with Gasteiger partial charge in [0.1, 0.15) is 0 Å². The number of urea groups is 1. The average molecular weight is 255 g/mol. The first-order valence-corrected chi connectivity index (χ1v) is 6.90. The molecule has 0 aromatic carbocycles. The van der Waals surface area contributed by atoms with Gasteiger partial charge in [-0.1, -0.05) is 19.9 Å². The molecule has 1 heterocycles. The van der Waals surface area contributed by atoms with Crippen LogP contribution < -0.4 is 10.6 Å². The van der Waals surface area contributed by atoms with Gasteiger partial charge in [-0.25, -0.2) is 4.79 Å². The van der Waals surface area contributed by atoms with Gasteiger partial charge in [-0.3, -0.25) is 0 Å². The van der Waals surface area contributed by atoms with Crippen molar-refractivity contribution >= 4 is 17.4 Å². The molecule has 2 N–H and O–H groups in total. The summed E-state index contributed by atoms with van der Waals surface area (Å²) in [4.78, 5) is 14.9. The minimum Gasteiger partial charge on any atom is -0.337 e. The summed E-state index contributed by atoms with van der Waals surface area (Å²) in [6.07, 6.45) is 0. The summed E-state index contributed by atoms with van der Waals surface area (Å²) in [6, 6.07) is 3.91. The SMILES string of the molecule is CCN(CC)CCNC(=O)NCc1cccs1. The number of rotatable bonds is 7. The first kappa shape index (κ1) is 14.0. The highest BCUT2D eigenvalue weighted by Crippen LogP contribution is 2.06. The summed E-state index contributed by atoms with van der Waals surface area (Å²) < 4.78 is 0. The molecule has 0 bridgehead atoms. The summed E-state index contributed by atoms with van der Waals surface area (Å²) in [5, 5.41) is 7.70. The van der Waals surface area contributed by atoms with Crippen molar-refractivity contribution in [1.82, 2.24) is 15.5 Å². The highest BCUT2D eigenvalue weighted by atomic mass is 32.1. The molecular formula is C12H21N3OS. The van der Waals surface area contributed by atoms with Gasteiger partial charge in [0.15, 0.2) is 0 Å². The van der Waals surface area contributed by atoms with Gasteiger partial charge in [-0.2, -0.15) is 0 Å². The van der Waals surface area contributed by atoms with Gasteiger partial charge in [-0.05, 0) is 24.5 Å². The summed E-state index contributed by atoms with van der Waals surface area (Å²) in [7, 11) is 0. The zero-order valence-corrected chi connectivity index (χ0v) is 11.3. The molecule has 0 unspecified atom stereocenters. The first-order chi connectivity index (χ1) is 8.26. The van der Waals surface area contributed by atoms with Crippen molar-refractivity contribution in [3.05, 3.63) is 22.4 Å². The lowest BCUT2D eigenvalue weighted by Gasteiger charge is -2.17. The van der Waals surface area contributed by atoms with Gasteiger partial charge in [0, 0.05) is 18.0 Å². The number of nitrogens with one attached hydrogen (secondary N) is 2. The third-order valence-electron chi connectivity index (χ3n) is 2.61. The van der Waals surface area contributed by atoms with E-state index >= 15 is 0 Å². The summed E-state index contributed by atoms with van der Waals surface area (Å²) in [5.74, 6) is 0. The molecule has 0 saturated heterocycles. The third-order valence-corrected chi connectivity index (χ3v) is 3.49. The predicted octanol–water partition coefficient (Wildman–Crippen LogP) is 1.89. The maximum Gasteiger partial charge on any atom is 0.315 e. The number of nitrogens with zero attached hydrogens (tertiary/aromatic N) is 1. The van der Waals surface area contributed by atoms with E-state index in [1.54, 1.807) is 11.3 Å². The van der Waals surface area contributed by atoms with Crippen LogP contribution in [0.1, 0.15) is 18.7 Å². The van der Waals surface area contributed by atoms with Crippen LogP contribution in [-0.4, -0.2) is 37.1 Å². The van der Waals surface area contributed by atoms with Gasteiger partial charge in [0.25, 0.3) is 0 Å². The van der Waals surface area contributed by atoms with Crippen LogP contribution in [0.2, 0.25) is 0 Å². The molecule has 17 heavy (non-hydrogen) atoms. The van der Waals surface area contributed by atoms with Crippen LogP contribution in [0, 0.1) is 0 Å². The minimum atomic E-state index is -0.0921. The normalized spacial score (nSPS) is 10.5. The Kier molecular flexibility index (Phi) is 6.65. The van der Waals surface area contributed by atoms with Gasteiger partial charge >= 0.3 is 6.03 Å². The quantitative estimate of drug-likeness (QED) is 0.781. The van der Waals surface area contributed by atoms with Crippen molar-refractivity contribution in [2.45, 2.75) is 20.4 Å². The Morgan fingerprint density at radius 3 is 2.71 bits per heavy atom. The molecular weight excluding hydrogens is 234 g/mol. The zero-order chi connectivity index (χ0) is 12.5. The second-order valence-electron chi connectivity index (χ2n) is 3.72. The monoisotopic (exact) mass is 255 g/mol. The van der Waals surface area contributed by atoms with E-state index in [4.69, 9.17) is 0 Å². The van der Waals surface area contributed by atoms with Gasteiger partial charge in [0.05, 0.1) is 6.54 Å². The largest absolute Gasteiger partial charge is 0.337 e. The number of thiophene rings is 1. The number of hydrogen-bond acceptors (Lipinski definition) is 3. The fourth-order valence-corrected chi connectivity index (χ4v) is 2.16. The molecule has 5 heteroatoms. The van der Waals surface area contributed by atoms with Crippen LogP contribution in [0.15, 0.2) is 17.5 Å². The third kappa shape index (κ3) is 5.70. The van der Waals surface area contributed by atoms with E-state index in [1.165, 1.54) is 4.88 Å². The Morgan fingerprint density at radius 1 is 1.35 bits per heavy atom. The fourth-order valence-electron chi connectivity index (χ4n) is 1.51. The van der Waals surface area contributed by atoms with Crippen molar-refractivity contribution in [3.63, 3.8) is 0 Å². The van der Waals surface area contributed by atoms with E-state index in [0.29, 0.717) is 13.1 Å². The van der Waals surface area contributed by atoms with E-state index in [1.807, 2.05) is 17.5 Å². The van der Waals surface area contributed by atoms with Crippen LogP contribution >= 0.6 is 11.3 Å². The lowest BCUT2D eigenvalue weighted by Crippen LogP contribution is -2.40. The molecule has 1 aromatic heterocycles. The minimum absolute atomic E-state index is 0.0921. The van der Waals surface area contributed by atoms with Gasteiger partial charge < -0.3 is 15.5 Å². The molecule has 0 radical (unpaired) electrons. The van der Waals surface area contributed by atoms with Crippen LogP contribution in [-0.2, 0) is 6.54 Å². The average Bonchev–Trinajstić information content (AvgIpc) is 2.85. The smallest absolute Gasteiger partial charge is 0.315 e. The molecule has 2 amide bonds. The second-order valence-corrected chi connectivity index (χ2v) is 4.75. The molecule has 0 spiro atoms. The van der Waals surface area contributed by atoms with Crippen molar-refractivity contribution in [2.75, 3.05) is 26.2 Å². The number of hydrogen-bond donors (Lipinski definition) is 2. The highest BCUT2D eigenvalue weighted by Gasteiger charge is 2.02. The summed E-state index contributed by atoms with van der Waals surface area (Å²) in [5.41, 5.74) is 0. The lowest BCUT2D eigenvalue weighted by atomic mass is 10.4. The molecule has 96 valence electrons. The standard InChI is InChI=1S/C12H21N3OS/c1-3-15(4-2)8-7-13-12(16)14-10-11-6-5-9-17-11/h5-6,9H,3-4,7-8,10H2,1-2H3,(H2,13,14,16). The van der Waals surface area contributed by atoms with Crippen LogP contribution in [0.5, 0.6) is 0 Å². The Bertz CT molecular complexity index is 310. The summed E-state index contributed by atoms with van der Waals surface area (Å²) >= 11 is 1.65. The van der Waals surface area contributed by atoms with E-state index in [9.17, 15) is 4.79 Å². The first-order valence-electron chi connectivity index (χ1n) is 6.02. The maximum atomic E-state index is 11.5. The Balaban J connectivity index is 2.09. The Hall–Kier alpha value is -1.07. The molecule has 1 aromatic rings. The van der Waals surface area contributed by atoms with E-state index < -0.39 is 0 Å². The van der Waals surface area contributed by atoms with Gasteiger partial charge in [-0.15, -0.1) is 11.3 Å². The Morgan fingerprint density at radius 2 is 2.12 bits per heavy atom. The number of amides is 2. The van der Waals surface area contributed by atoms with Crippen LogP contribution in [0.3, 0.4) is 0 Å². The topological polar surface area (TPSA) is 44.4 Å². The van der Waals surface area contributed by atoms with Crippen LogP contribution in [0.4, 0.5) is 4.79 Å². The summed E-state index contributed by atoms with van der Waals surface area (Å²) in [6.45, 7) is 8.50. The van der Waals surface area contributed by atoms with E-state index in [2.05, 4.69) is 29.4 Å². The molecule has 1 rings (SSSR count). The molecule has 0 aliphatic heterocycles. The predicted molar refractivity (Wildman–Crippen MR) is 72.3 cm³/mol. The van der Waals surface area contributed by atoms with Crippen LogP contribution in [0.25, 0.3) is 0 Å². The number of likely N-dealkylation sites (N-methyl/N-ethyl adjacent to an activating group) is 1. The molecule has 0 atom stereocenters. The van der Waals surface area contributed by atoms with Crippen molar-refractivity contribution in [3.8, 4) is 0 Å². The zero-order valence-electron chi connectivity index (χ0n) is 10.5. The van der Waals surface area contributed by atoms with E-state index in [-0.39, 0.29) is 6.03 Å². The fraction of sp³-hybridized carbons (Fsp3) is 0.583. The van der Waals surface area contributed by atoms with Crippen molar-refractivity contribution < 1.29 is 4.79 Å². The Labute approximate surface area is 107 Å².